The van der Waals surface area contributed by atoms with Gasteiger partial charge in [-0.15, -0.1) is 0 Å². The van der Waals surface area contributed by atoms with E-state index in [0.717, 1.165) is 4.47 Å². The number of aliphatic hydroxyl groups is 1. The molecule has 2 aromatic carbocycles. The molecule has 0 radical (unpaired) electrons. The highest BCUT2D eigenvalue weighted by molar-refractivity contribution is 9.10. The highest BCUT2D eigenvalue weighted by atomic mass is 79.9. The average Bonchev–Trinajstić information content (AvgIpc) is 2.82. The van der Waals surface area contributed by atoms with Crippen molar-refractivity contribution in [1.82, 2.24) is 0 Å². The summed E-state index contributed by atoms with van der Waals surface area (Å²) in [5.74, 6) is -1.60. The maximum Gasteiger partial charge on any atom is 0.264 e. The number of carbonyl (C=O) groups excluding carboxylic acids is 2. The van der Waals surface area contributed by atoms with Crippen LogP contribution in [0.1, 0.15) is 29.8 Å². The minimum atomic E-state index is -1.86. The SMILES string of the molecule is CCN1C(=O)C(O)(C(C)C(=O)c2ccccc2)c2cc(Br)ccc21. The van der Waals surface area contributed by atoms with Crippen molar-refractivity contribution < 1.29 is 14.7 Å². The second-order valence-electron chi connectivity index (χ2n) is 5.93. The van der Waals surface area contributed by atoms with Gasteiger partial charge in [-0.3, -0.25) is 9.59 Å². The van der Waals surface area contributed by atoms with E-state index in [-0.39, 0.29) is 5.78 Å². The van der Waals surface area contributed by atoms with Crippen molar-refractivity contribution in [2.24, 2.45) is 5.92 Å². The zero-order chi connectivity index (χ0) is 17.5. The number of carbonyl (C=O) groups is 2. The molecule has 2 unspecified atom stereocenters. The van der Waals surface area contributed by atoms with Crippen molar-refractivity contribution in [3.8, 4) is 0 Å². The third-order valence-electron chi connectivity index (χ3n) is 4.63. The van der Waals surface area contributed by atoms with Gasteiger partial charge in [0.15, 0.2) is 11.4 Å². The molecule has 4 nitrogen and oxygen atoms in total. The van der Waals surface area contributed by atoms with Gasteiger partial charge in [-0.2, -0.15) is 0 Å². The topological polar surface area (TPSA) is 57.6 Å². The Morgan fingerprint density at radius 2 is 1.92 bits per heavy atom. The number of fused-ring (bicyclic) bond motifs is 1. The number of hydrogen-bond acceptors (Lipinski definition) is 3. The van der Waals surface area contributed by atoms with Gasteiger partial charge in [-0.05, 0) is 25.1 Å². The van der Waals surface area contributed by atoms with Crippen molar-refractivity contribution in [1.29, 1.82) is 0 Å². The minimum absolute atomic E-state index is 0.254. The number of anilines is 1. The van der Waals surface area contributed by atoms with Gasteiger partial charge < -0.3 is 10.0 Å². The first-order valence-corrected chi connectivity index (χ1v) is 8.64. The summed E-state index contributed by atoms with van der Waals surface area (Å²) in [6, 6.07) is 14.1. The molecular weight excluding hydrogens is 370 g/mol. The van der Waals surface area contributed by atoms with Gasteiger partial charge in [0.2, 0.25) is 0 Å². The number of likely N-dealkylation sites (N-methyl/N-ethyl adjacent to an activating group) is 1. The van der Waals surface area contributed by atoms with E-state index in [9.17, 15) is 14.7 Å². The van der Waals surface area contributed by atoms with Gasteiger partial charge in [-0.1, -0.05) is 53.2 Å². The van der Waals surface area contributed by atoms with E-state index in [1.54, 1.807) is 43.3 Å². The van der Waals surface area contributed by atoms with Crippen LogP contribution in [0, 0.1) is 5.92 Å². The van der Waals surface area contributed by atoms with Gasteiger partial charge >= 0.3 is 0 Å². The van der Waals surface area contributed by atoms with E-state index in [1.807, 2.05) is 19.1 Å². The summed E-state index contributed by atoms with van der Waals surface area (Å²) in [6.07, 6.45) is 0. The molecule has 0 aliphatic carbocycles. The molecule has 24 heavy (non-hydrogen) atoms. The van der Waals surface area contributed by atoms with Crippen LogP contribution in [-0.2, 0) is 10.4 Å². The molecule has 2 atom stereocenters. The first-order valence-electron chi connectivity index (χ1n) is 7.84. The smallest absolute Gasteiger partial charge is 0.264 e. The number of Topliss-reactive ketones (excluding diaryl/α,β-unsaturated/α-hetero) is 1. The monoisotopic (exact) mass is 387 g/mol. The zero-order valence-electron chi connectivity index (χ0n) is 13.5. The van der Waals surface area contributed by atoms with Crippen molar-refractivity contribution in [2.75, 3.05) is 11.4 Å². The van der Waals surface area contributed by atoms with Crippen molar-refractivity contribution in [3.05, 3.63) is 64.1 Å². The van der Waals surface area contributed by atoms with Crippen molar-refractivity contribution >= 4 is 33.3 Å². The second kappa shape index (κ2) is 6.15. The minimum Gasteiger partial charge on any atom is -0.375 e. The molecule has 0 saturated heterocycles. The summed E-state index contributed by atoms with van der Waals surface area (Å²) in [5.41, 5.74) is -0.249. The Morgan fingerprint density at radius 1 is 1.25 bits per heavy atom. The number of halogens is 1. The normalized spacial score (nSPS) is 20.8. The van der Waals surface area contributed by atoms with E-state index in [0.29, 0.717) is 23.4 Å². The Morgan fingerprint density at radius 3 is 2.54 bits per heavy atom. The van der Waals surface area contributed by atoms with Crippen LogP contribution < -0.4 is 4.90 Å². The standard InChI is InChI=1S/C19H18BrNO3/c1-3-21-16-10-9-14(20)11-15(16)19(24,18(21)23)12(2)17(22)13-7-5-4-6-8-13/h4-12,24H,3H2,1-2H3. The molecule has 2 aromatic rings. The maximum atomic E-state index is 12.9. The molecule has 1 amide bonds. The molecule has 3 rings (SSSR count). The van der Waals surface area contributed by atoms with E-state index in [1.165, 1.54) is 4.90 Å². The Labute approximate surface area is 149 Å². The average molecular weight is 388 g/mol. The van der Waals surface area contributed by atoms with Crippen LogP contribution >= 0.6 is 15.9 Å². The number of ketones is 1. The quantitative estimate of drug-likeness (QED) is 0.816. The zero-order valence-corrected chi connectivity index (χ0v) is 15.1. The number of rotatable bonds is 4. The molecule has 0 aromatic heterocycles. The molecule has 0 saturated carbocycles. The molecule has 1 heterocycles. The van der Waals surface area contributed by atoms with Crippen LogP contribution in [0.3, 0.4) is 0 Å². The molecule has 0 bridgehead atoms. The molecule has 0 spiro atoms. The summed E-state index contributed by atoms with van der Waals surface area (Å²) < 4.78 is 0.754. The number of amides is 1. The van der Waals surface area contributed by atoms with Gasteiger partial charge in [0.1, 0.15) is 0 Å². The summed E-state index contributed by atoms with van der Waals surface area (Å²) in [4.78, 5) is 27.3. The third kappa shape index (κ3) is 2.39. The van der Waals surface area contributed by atoms with Gasteiger partial charge in [0.05, 0.1) is 11.6 Å². The molecule has 5 heteroatoms. The fraction of sp³-hybridized carbons (Fsp3) is 0.263. The highest BCUT2D eigenvalue weighted by Gasteiger charge is 2.55. The molecular formula is C19H18BrNO3. The lowest BCUT2D eigenvalue weighted by Gasteiger charge is -2.28. The van der Waals surface area contributed by atoms with Gasteiger partial charge in [0.25, 0.3) is 5.91 Å². The largest absolute Gasteiger partial charge is 0.375 e. The van der Waals surface area contributed by atoms with Crippen LogP contribution in [0.5, 0.6) is 0 Å². The van der Waals surface area contributed by atoms with Gasteiger partial charge in [0, 0.05) is 22.1 Å². The Bertz CT molecular complexity index is 806. The lowest BCUT2D eigenvalue weighted by molar-refractivity contribution is -0.139. The summed E-state index contributed by atoms with van der Waals surface area (Å²) in [5, 5.41) is 11.3. The second-order valence-corrected chi connectivity index (χ2v) is 6.84. The predicted molar refractivity (Wildman–Crippen MR) is 96.0 cm³/mol. The number of hydrogen-bond donors (Lipinski definition) is 1. The Balaban J connectivity index is 2.10. The number of nitrogens with zero attached hydrogens (tertiary/aromatic N) is 1. The van der Waals surface area contributed by atoms with E-state index >= 15 is 0 Å². The summed E-state index contributed by atoms with van der Waals surface area (Å²) in [7, 11) is 0. The van der Waals surface area contributed by atoms with E-state index in [4.69, 9.17) is 0 Å². The summed E-state index contributed by atoms with van der Waals surface area (Å²) in [6.45, 7) is 3.89. The summed E-state index contributed by atoms with van der Waals surface area (Å²) >= 11 is 3.38. The molecule has 0 fully saturated rings. The van der Waals surface area contributed by atoms with Crippen LogP contribution in [0.4, 0.5) is 5.69 Å². The van der Waals surface area contributed by atoms with Crippen molar-refractivity contribution in [2.45, 2.75) is 19.4 Å². The van der Waals surface area contributed by atoms with E-state index < -0.39 is 17.4 Å². The predicted octanol–water partition coefficient (Wildman–Crippen LogP) is 3.52. The van der Waals surface area contributed by atoms with Crippen LogP contribution in [0.25, 0.3) is 0 Å². The maximum absolute atomic E-state index is 12.9. The lowest BCUT2D eigenvalue weighted by atomic mass is 9.79. The third-order valence-corrected chi connectivity index (χ3v) is 5.12. The van der Waals surface area contributed by atoms with Gasteiger partial charge in [-0.25, -0.2) is 0 Å². The number of benzene rings is 2. The fourth-order valence-corrected chi connectivity index (χ4v) is 3.61. The Hall–Kier alpha value is -1.98. The first-order chi connectivity index (χ1) is 11.4. The first kappa shape index (κ1) is 16.9. The van der Waals surface area contributed by atoms with E-state index in [2.05, 4.69) is 15.9 Å². The molecule has 124 valence electrons. The molecule has 1 N–H and O–H groups in total. The highest BCUT2D eigenvalue weighted by Crippen LogP contribution is 2.46. The fourth-order valence-electron chi connectivity index (χ4n) is 3.25. The lowest BCUT2D eigenvalue weighted by Crippen LogP contribution is -2.47. The van der Waals surface area contributed by atoms with Crippen LogP contribution in [0.15, 0.2) is 53.0 Å². The van der Waals surface area contributed by atoms with Crippen LogP contribution in [-0.4, -0.2) is 23.3 Å². The molecule has 1 aliphatic heterocycles. The van der Waals surface area contributed by atoms with Crippen molar-refractivity contribution in [3.63, 3.8) is 0 Å². The van der Waals surface area contributed by atoms with Crippen LogP contribution in [0.2, 0.25) is 0 Å². The molecule has 1 aliphatic rings. The Kier molecular flexibility index (Phi) is 4.32.